The highest BCUT2D eigenvalue weighted by Crippen LogP contribution is 2.48. The van der Waals surface area contributed by atoms with Crippen LogP contribution in [0.25, 0.3) is 0 Å². The number of hydrogen-bond acceptors (Lipinski definition) is 8. The van der Waals surface area contributed by atoms with Gasteiger partial charge in [-0.2, -0.15) is 8.78 Å². The molecule has 2 aliphatic carbocycles. The third kappa shape index (κ3) is 7.79. The summed E-state index contributed by atoms with van der Waals surface area (Å²) in [4.78, 5) is 58.6. The molecule has 5 unspecified atom stereocenters. The van der Waals surface area contributed by atoms with Crippen molar-refractivity contribution in [2.45, 2.75) is 114 Å². The Kier molecular flexibility index (Phi) is 10.3. The number of halogens is 3. The number of allylic oxidation sites excluding steroid dienone is 1. The number of alkyl halides is 2. The fourth-order valence-electron chi connectivity index (χ4n) is 7.41. The molecular formula is C39H48F3N5O7S. The number of nitrogens with zero attached hydrogens (tertiary/aromatic N) is 2. The summed E-state index contributed by atoms with van der Waals surface area (Å²) < 4.78 is 76.5. The van der Waals surface area contributed by atoms with Crippen molar-refractivity contribution in [3.63, 3.8) is 0 Å². The third-order valence-electron chi connectivity index (χ3n) is 11.4. The van der Waals surface area contributed by atoms with Crippen LogP contribution in [0.15, 0.2) is 55.1 Å². The maximum absolute atomic E-state index is 14.6. The summed E-state index contributed by atoms with van der Waals surface area (Å²) >= 11 is 0. The van der Waals surface area contributed by atoms with Gasteiger partial charge in [0.25, 0.3) is 11.8 Å². The predicted molar refractivity (Wildman–Crippen MR) is 197 cm³/mol. The molecule has 0 spiro atoms. The zero-order chi connectivity index (χ0) is 40.3. The first-order valence-electron chi connectivity index (χ1n) is 18.4. The zero-order valence-electron chi connectivity index (χ0n) is 31.6. The van der Waals surface area contributed by atoms with Gasteiger partial charge >= 0.3 is 6.09 Å². The van der Waals surface area contributed by atoms with Gasteiger partial charge in [-0.15, -0.1) is 0 Å². The van der Waals surface area contributed by atoms with E-state index in [-0.39, 0.29) is 49.6 Å². The topological polar surface area (TPSA) is 154 Å². The van der Waals surface area contributed by atoms with Crippen LogP contribution in [0, 0.1) is 17.2 Å². The molecule has 5 atom stereocenters. The van der Waals surface area contributed by atoms with Crippen LogP contribution < -0.4 is 15.4 Å². The Labute approximate surface area is 319 Å². The molecule has 0 aromatic heterocycles. The van der Waals surface area contributed by atoms with Crippen molar-refractivity contribution >= 4 is 39.5 Å². The highest BCUT2D eigenvalue weighted by atomic mass is 32.2. The van der Waals surface area contributed by atoms with Crippen molar-refractivity contribution in [2.24, 2.45) is 11.3 Å². The SMILES string of the molecule is C=CC(F)(F)c1cccc(NC(C(=O)N2CC(OC(=O)N3Cc4cccc(F)c4C3)CC2C(=O)NC2(C(=O)NS(=O)(=O)C3(C)CC3)CC2CC)C(C)(C)C)c1. The maximum atomic E-state index is 14.6. The number of rotatable bonds is 12. The van der Waals surface area contributed by atoms with Crippen LogP contribution in [0.1, 0.15) is 83.4 Å². The monoisotopic (exact) mass is 787 g/mol. The number of nitrogens with one attached hydrogen (secondary N) is 3. The number of ether oxygens (including phenoxy) is 1. The van der Waals surface area contributed by atoms with E-state index in [9.17, 15) is 40.8 Å². The van der Waals surface area contributed by atoms with Crippen LogP contribution in [0.3, 0.4) is 0 Å². The van der Waals surface area contributed by atoms with E-state index in [0.29, 0.717) is 36.5 Å². The number of benzene rings is 2. The molecule has 6 rings (SSSR count). The number of fused-ring (bicyclic) bond motifs is 1. The minimum absolute atomic E-state index is 0.0297. The summed E-state index contributed by atoms with van der Waals surface area (Å²) in [5.74, 6) is -6.37. The van der Waals surface area contributed by atoms with Gasteiger partial charge in [-0.25, -0.2) is 17.6 Å². The van der Waals surface area contributed by atoms with Crippen LogP contribution in [0.5, 0.6) is 0 Å². The molecule has 0 bridgehead atoms. The molecule has 2 aliphatic heterocycles. The molecule has 3 fully saturated rings. The molecule has 55 heavy (non-hydrogen) atoms. The highest BCUT2D eigenvalue weighted by Gasteiger charge is 2.63. The summed E-state index contributed by atoms with van der Waals surface area (Å²) in [6.07, 6.45) is -0.00147. The fraction of sp³-hybridized carbons (Fsp3) is 0.538. The van der Waals surface area contributed by atoms with E-state index < -0.39 is 79.5 Å². The molecule has 4 amide bonds. The lowest BCUT2D eigenvalue weighted by Crippen LogP contribution is -2.59. The lowest BCUT2D eigenvalue weighted by atomic mass is 9.85. The van der Waals surface area contributed by atoms with Crippen molar-refractivity contribution in [3.8, 4) is 0 Å². The van der Waals surface area contributed by atoms with Crippen molar-refractivity contribution in [2.75, 3.05) is 11.9 Å². The van der Waals surface area contributed by atoms with Gasteiger partial charge in [0.15, 0.2) is 0 Å². The van der Waals surface area contributed by atoms with E-state index in [2.05, 4.69) is 21.9 Å². The Hall–Kier alpha value is -4.60. The predicted octanol–water partition coefficient (Wildman–Crippen LogP) is 5.34. The summed E-state index contributed by atoms with van der Waals surface area (Å²) in [7, 11) is -4.03. The Morgan fingerprint density at radius 2 is 1.78 bits per heavy atom. The first-order chi connectivity index (χ1) is 25.6. The van der Waals surface area contributed by atoms with Crippen LogP contribution in [-0.4, -0.2) is 77.1 Å². The number of sulfonamides is 1. The molecule has 0 radical (unpaired) electrons. The summed E-state index contributed by atoms with van der Waals surface area (Å²) in [6, 6.07) is 7.57. The number of amides is 4. The molecule has 2 heterocycles. The second-order valence-electron chi connectivity index (χ2n) is 16.5. The van der Waals surface area contributed by atoms with E-state index in [0.717, 1.165) is 0 Å². The van der Waals surface area contributed by atoms with Gasteiger partial charge < -0.3 is 20.3 Å². The van der Waals surface area contributed by atoms with Crippen molar-refractivity contribution in [1.82, 2.24) is 19.8 Å². The van der Waals surface area contributed by atoms with Gasteiger partial charge in [-0.05, 0) is 67.4 Å². The fourth-order valence-corrected chi connectivity index (χ4v) is 8.72. The van der Waals surface area contributed by atoms with Crippen LogP contribution in [-0.2, 0) is 48.2 Å². The normalized spacial score (nSPS) is 24.7. The second kappa shape index (κ2) is 14.2. The third-order valence-corrected chi connectivity index (χ3v) is 13.6. The van der Waals surface area contributed by atoms with Crippen molar-refractivity contribution in [3.05, 3.63) is 77.6 Å². The minimum atomic E-state index is -4.03. The first-order valence-corrected chi connectivity index (χ1v) is 19.9. The van der Waals surface area contributed by atoms with Gasteiger partial charge in [-0.1, -0.05) is 65.0 Å². The Morgan fingerprint density at radius 3 is 2.38 bits per heavy atom. The van der Waals surface area contributed by atoms with Crippen molar-refractivity contribution < 1.29 is 45.5 Å². The smallest absolute Gasteiger partial charge is 0.410 e. The second-order valence-corrected chi connectivity index (χ2v) is 18.7. The molecule has 298 valence electrons. The first kappa shape index (κ1) is 40.1. The molecule has 2 aromatic carbocycles. The van der Waals surface area contributed by atoms with Gasteiger partial charge in [0, 0.05) is 29.8 Å². The van der Waals surface area contributed by atoms with Gasteiger partial charge in [-0.3, -0.25) is 24.0 Å². The van der Waals surface area contributed by atoms with E-state index in [1.54, 1.807) is 39.8 Å². The van der Waals surface area contributed by atoms with Crippen LogP contribution >= 0.6 is 0 Å². The minimum Gasteiger partial charge on any atom is -0.444 e. The summed E-state index contributed by atoms with van der Waals surface area (Å²) in [5.41, 5.74) is -1.54. The quantitative estimate of drug-likeness (QED) is 0.244. The average molecular weight is 788 g/mol. The average Bonchev–Trinajstić information content (AvgIpc) is 3.93. The number of carbonyl (C=O) groups is 4. The standard InChI is InChI=1S/C39H48F3N5O7S/c1-7-24-19-38(24,34(50)45-55(52,53)37(6)15-16-37)44-32(48)30-18-27(54-35(51)46-20-23-11-9-14-29(40)28(23)22-46)21-47(30)33(49)31(36(3,4)5)43-26-13-10-12-25(17-26)39(41,42)8-2/h8-14,17,24,27,30-31,43H,2,7,15-16,18-22H2,1,3-6H3,(H,44,48)(H,45,50). The Balaban J connectivity index is 1.26. The molecular weight excluding hydrogens is 740 g/mol. The molecule has 2 saturated carbocycles. The molecule has 1 saturated heterocycles. The lowest BCUT2D eigenvalue weighted by molar-refractivity contribution is -0.141. The number of carbonyl (C=O) groups excluding carboxylic acids is 4. The van der Waals surface area contributed by atoms with E-state index in [1.165, 1.54) is 40.1 Å². The van der Waals surface area contributed by atoms with Gasteiger partial charge in [0.05, 0.1) is 17.8 Å². The number of anilines is 1. The molecule has 3 N–H and O–H groups in total. The molecule has 2 aromatic rings. The van der Waals surface area contributed by atoms with E-state index >= 15 is 0 Å². The Bertz CT molecular complexity index is 2020. The zero-order valence-corrected chi connectivity index (χ0v) is 32.4. The summed E-state index contributed by atoms with van der Waals surface area (Å²) in [6.45, 7) is 11.7. The lowest BCUT2D eigenvalue weighted by Gasteiger charge is -2.36. The number of likely N-dealkylation sites (tertiary alicyclic amines) is 1. The van der Waals surface area contributed by atoms with E-state index in [1.807, 2.05) is 6.92 Å². The Morgan fingerprint density at radius 1 is 1.09 bits per heavy atom. The van der Waals surface area contributed by atoms with Crippen molar-refractivity contribution in [1.29, 1.82) is 0 Å². The summed E-state index contributed by atoms with van der Waals surface area (Å²) in [5, 5.41) is 5.85. The number of hydrogen-bond donors (Lipinski definition) is 3. The largest absolute Gasteiger partial charge is 0.444 e. The molecule has 16 heteroatoms. The van der Waals surface area contributed by atoms with Gasteiger partial charge in [0.1, 0.15) is 29.5 Å². The van der Waals surface area contributed by atoms with Gasteiger partial charge in [0.2, 0.25) is 21.8 Å². The highest BCUT2D eigenvalue weighted by molar-refractivity contribution is 7.91. The molecule has 12 nitrogen and oxygen atoms in total. The van der Waals surface area contributed by atoms with Crippen LogP contribution in [0.2, 0.25) is 0 Å². The molecule has 4 aliphatic rings. The van der Waals surface area contributed by atoms with Crippen LogP contribution in [0.4, 0.5) is 23.7 Å². The maximum Gasteiger partial charge on any atom is 0.410 e. The van der Waals surface area contributed by atoms with E-state index in [4.69, 9.17) is 4.74 Å².